The molecular formula is C17H21BrN6O3. The van der Waals surface area contributed by atoms with Gasteiger partial charge in [-0.25, -0.2) is 20.6 Å². The van der Waals surface area contributed by atoms with Gasteiger partial charge < -0.3 is 20.3 Å². The Morgan fingerprint density at radius 2 is 2.19 bits per heavy atom. The summed E-state index contributed by atoms with van der Waals surface area (Å²) in [5.41, 5.74) is 2.25. The number of hydrogen-bond donors (Lipinski definition) is 4. The molecule has 1 aliphatic heterocycles. The lowest BCUT2D eigenvalue weighted by molar-refractivity contribution is -0.117. The van der Waals surface area contributed by atoms with E-state index in [0.29, 0.717) is 24.3 Å². The molecule has 2 aromatic heterocycles. The van der Waals surface area contributed by atoms with Gasteiger partial charge in [-0.05, 0) is 41.6 Å². The highest BCUT2D eigenvalue weighted by Crippen LogP contribution is 2.40. The number of fused-ring (bicyclic) bond motifs is 1. The quantitative estimate of drug-likeness (QED) is 0.331. The number of aromatic amines is 1. The van der Waals surface area contributed by atoms with E-state index in [0.717, 1.165) is 46.4 Å². The molecule has 2 amide bonds. The lowest BCUT2D eigenvalue weighted by Crippen LogP contribution is -2.53. The van der Waals surface area contributed by atoms with Gasteiger partial charge in [-0.1, -0.05) is 0 Å². The second kappa shape index (κ2) is 7.01. The molecule has 0 aromatic carbocycles. The second-order valence-electron chi connectivity index (χ2n) is 7.08. The zero-order valence-electron chi connectivity index (χ0n) is 14.6. The topological polar surface area (TPSA) is 128 Å². The zero-order valence-corrected chi connectivity index (χ0v) is 16.2. The minimum Gasteiger partial charge on any atom is -0.464 e. The Kier molecular flexibility index (Phi) is 4.68. The van der Waals surface area contributed by atoms with Crippen LogP contribution in [0.2, 0.25) is 0 Å². The van der Waals surface area contributed by atoms with E-state index in [1.165, 1.54) is 0 Å². The first-order chi connectivity index (χ1) is 13.0. The molecule has 0 unspecified atom stereocenters. The Hall–Kier alpha value is -2.33. The maximum atomic E-state index is 12.2. The van der Waals surface area contributed by atoms with Crippen molar-refractivity contribution < 1.29 is 14.7 Å². The highest BCUT2D eigenvalue weighted by atomic mass is 79.9. The number of hydrogen-bond acceptors (Lipinski definition) is 5. The number of piperidine rings is 1. The lowest BCUT2D eigenvalue weighted by atomic mass is 10.0. The van der Waals surface area contributed by atoms with Gasteiger partial charge in [0.1, 0.15) is 5.65 Å². The number of anilines is 2. The summed E-state index contributed by atoms with van der Waals surface area (Å²) in [5, 5.41) is 13.9. The zero-order chi connectivity index (χ0) is 19.1. The van der Waals surface area contributed by atoms with Crippen LogP contribution in [-0.4, -0.2) is 51.2 Å². The van der Waals surface area contributed by atoms with Crippen LogP contribution in [0, 0.1) is 5.92 Å². The van der Waals surface area contributed by atoms with Crippen LogP contribution >= 0.6 is 15.9 Å². The summed E-state index contributed by atoms with van der Waals surface area (Å²) in [6.45, 7) is 1.24. The van der Waals surface area contributed by atoms with Crippen molar-refractivity contribution in [2.24, 2.45) is 11.8 Å². The van der Waals surface area contributed by atoms with Crippen LogP contribution in [0.15, 0.2) is 16.9 Å². The SMILES string of the molecule is NN(C(=O)O)[C@@H]1CCCN(c2c(Br)cnc3[nH]cc(NC(=O)C4CC4)c23)C1. The Morgan fingerprint density at radius 1 is 1.41 bits per heavy atom. The highest BCUT2D eigenvalue weighted by Gasteiger charge is 2.32. The molecule has 9 nitrogen and oxygen atoms in total. The number of hydrazine groups is 1. The molecule has 5 N–H and O–H groups in total. The van der Waals surface area contributed by atoms with Crippen LogP contribution in [0.4, 0.5) is 16.2 Å². The summed E-state index contributed by atoms with van der Waals surface area (Å²) < 4.78 is 0.788. The molecule has 3 heterocycles. The first-order valence-electron chi connectivity index (χ1n) is 8.94. The van der Waals surface area contributed by atoms with Gasteiger partial charge in [0.05, 0.1) is 27.3 Å². The summed E-state index contributed by atoms with van der Waals surface area (Å²) in [7, 11) is 0. The van der Waals surface area contributed by atoms with Crippen molar-refractivity contribution in [1.82, 2.24) is 15.0 Å². The first kappa shape index (κ1) is 18.1. The van der Waals surface area contributed by atoms with Crippen molar-refractivity contribution in [3.63, 3.8) is 0 Å². The maximum absolute atomic E-state index is 12.2. The third-order valence-corrected chi connectivity index (χ3v) is 5.74. The van der Waals surface area contributed by atoms with Crippen molar-refractivity contribution >= 4 is 50.3 Å². The number of halogens is 1. The monoisotopic (exact) mass is 436 g/mol. The predicted molar refractivity (Wildman–Crippen MR) is 104 cm³/mol. The van der Waals surface area contributed by atoms with Gasteiger partial charge in [0, 0.05) is 31.4 Å². The van der Waals surface area contributed by atoms with Crippen molar-refractivity contribution in [3.8, 4) is 0 Å². The number of carboxylic acid groups (broad SMARTS) is 1. The molecule has 1 saturated carbocycles. The number of rotatable bonds is 4. The average molecular weight is 437 g/mol. The smallest absolute Gasteiger partial charge is 0.421 e. The summed E-state index contributed by atoms with van der Waals surface area (Å²) in [6.07, 6.45) is 5.71. The summed E-state index contributed by atoms with van der Waals surface area (Å²) >= 11 is 3.57. The minimum atomic E-state index is -1.14. The number of nitrogens with two attached hydrogens (primary N) is 1. The van der Waals surface area contributed by atoms with E-state index >= 15 is 0 Å². The predicted octanol–water partition coefficient (Wildman–Crippen LogP) is 2.50. The van der Waals surface area contributed by atoms with Gasteiger partial charge in [-0.3, -0.25) is 4.79 Å². The fourth-order valence-corrected chi connectivity index (χ4v) is 4.14. The van der Waals surface area contributed by atoms with Gasteiger partial charge in [-0.2, -0.15) is 0 Å². The van der Waals surface area contributed by atoms with Gasteiger partial charge in [0.2, 0.25) is 5.91 Å². The van der Waals surface area contributed by atoms with E-state index in [1.807, 2.05) is 0 Å². The Balaban J connectivity index is 1.69. The van der Waals surface area contributed by atoms with Gasteiger partial charge in [0.15, 0.2) is 0 Å². The number of amides is 2. The number of carbonyl (C=O) groups excluding carboxylic acids is 1. The van der Waals surface area contributed by atoms with Crippen LogP contribution < -0.4 is 16.1 Å². The van der Waals surface area contributed by atoms with Crippen LogP contribution in [0.5, 0.6) is 0 Å². The number of H-pyrrole nitrogens is 1. The number of aromatic nitrogens is 2. The molecule has 4 rings (SSSR count). The third-order valence-electron chi connectivity index (χ3n) is 5.16. The van der Waals surface area contributed by atoms with E-state index in [9.17, 15) is 14.7 Å². The number of nitrogens with one attached hydrogen (secondary N) is 2. The lowest BCUT2D eigenvalue weighted by Gasteiger charge is -2.38. The van der Waals surface area contributed by atoms with Crippen LogP contribution in [0.25, 0.3) is 11.0 Å². The third kappa shape index (κ3) is 3.46. The first-order valence-corrected chi connectivity index (χ1v) is 9.73. The van der Waals surface area contributed by atoms with E-state index in [2.05, 4.69) is 36.1 Å². The van der Waals surface area contributed by atoms with Gasteiger partial charge in [0.25, 0.3) is 0 Å². The fourth-order valence-electron chi connectivity index (χ4n) is 3.58. The van der Waals surface area contributed by atoms with E-state index in [4.69, 9.17) is 5.84 Å². The normalized spacial score (nSPS) is 19.9. The molecule has 2 aromatic rings. The Labute approximate surface area is 164 Å². The summed E-state index contributed by atoms with van der Waals surface area (Å²) in [5.74, 6) is 5.84. The van der Waals surface area contributed by atoms with Crippen molar-refractivity contribution in [3.05, 3.63) is 16.9 Å². The Morgan fingerprint density at radius 3 is 2.89 bits per heavy atom. The second-order valence-corrected chi connectivity index (χ2v) is 7.93. The minimum absolute atomic E-state index is 0.0253. The molecular weight excluding hydrogens is 416 g/mol. The van der Waals surface area contributed by atoms with Crippen LogP contribution in [-0.2, 0) is 4.79 Å². The molecule has 0 bridgehead atoms. The summed E-state index contributed by atoms with van der Waals surface area (Å²) in [4.78, 5) is 33.1. The molecule has 1 saturated heterocycles. The molecule has 2 fully saturated rings. The molecule has 27 heavy (non-hydrogen) atoms. The van der Waals surface area contributed by atoms with E-state index in [-0.39, 0.29) is 17.9 Å². The fraction of sp³-hybridized carbons (Fsp3) is 0.471. The van der Waals surface area contributed by atoms with E-state index < -0.39 is 6.09 Å². The summed E-state index contributed by atoms with van der Waals surface area (Å²) in [6, 6.07) is -0.296. The van der Waals surface area contributed by atoms with Crippen LogP contribution in [0.3, 0.4) is 0 Å². The van der Waals surface area contributed by atoms with Gasteiger partial charge >= 0.3 is 6.09 Å². The molecule has 1 aliphatic carbocycles. The number of nitrogens with zero attached hydrogens (tertiary/aromatic N) is 3. The van der Waals surface area contributed by atoms with Crippen molar-refractivity contribution in [1.29, 1.82) is 0 Å². The standard InChI is InChI=1S/C17H21BrN6O3/c18-11-6-20-15-13(12(7-21-15)22-16(25)9-3-4-9)14(11)23-5-1-2-10(8-23)24(19)17(26)27/h6-7,9-10H,1-5,8,19H2,(H,20,21)(H,22,25)(H,26,27)/t10-/m1/s1. The average Bonchev–Trinajstić information content (AvgIpc) is 3.44. The Bertz CT molecular complexity index is 896. The number of carbonyl (C=O) groups is 2. The van der Waals surface area contributed by atoms with Crippen LogP contribution in [0.1, 0.15) is 25.7 Å². The molecule has 1 atom stereocenters. The molecule has 2 aliphatic rings. The maximum Gasteiger partial charge on any atom is 0.421 e. The number of pyridine rings is 1. The highest BCUT2D eigenvalue weighted by molar-refractivity contribution is 9.10. The molecule has 10 heteroatoms. The van der Waals surface area contributed by atoms with Crippen molar-refractivity contribution in [2.45, 2.75) is 31.7 Å². The molecule has 0 spiro atoms. The van der Waals surface area contributed by atoms with E-state index in [1.54, 1.807) is 12.4 Å². The molecule has 144 valence electrons. The molecule has 0 radical (unpaired) electrons. The van der Waals surface area contributed by atoms with Crippen molar-refractivity contribution in [2.75, 3.05) is 23.3 Å². The largest absolute Gasteiger partial charge is 0.464 e. The van der Waals surface area contributed by atoms with Gasteiger partial charge in [-0.15, -0.1) is 0 Å².